The summed E-state index contributed by atoms with van der Waals surface area (Å²) in [7, 11) is -3.07. The summed E-state index contributed by atoms with van der Waals surface area (Å²) < 4.78 is 83.7. The van der Waals surface area contributed by atoms with E-state index in [1.54, 1.807) is 24.3 Å². The third kappa shape index (κ3) is 5.60. The van der Waals surface area contributed by atoms with E-state index in [0.29, 0.717) is 17.4 Å². The van der Waals surface area contributed by atoms with Crippen molar-refractivity contribution < 1.29 is 36.0 Å². The van der Waals surface area contributed by atoms with Crippen LogP contribution >= 0.6 is 0 Å². The Bertz CT molecular complexity index is 2200. The Morgan fingerprint density at radius 1 is 0.911 bits per heavy atom. The maximum Gasteiger partial charge on any atom is 0.266 e. The van der Waals surface area contributed by atoms with Crippen LogP contribution in [-0.4, -0.2) is 30.8 Å². The highest BCUT2D eigenvalue weighted by Crippen LogP contribution is 2.43. The molecule has 0 saturated heterocycles. The molecule has 4 aromatic carbocycles. The van der Waals surface area contributed by atoms with Crippen LogP contribution in [-0.2, 0) is 16.6 Å². The largest absolute Gasteiger partial charge is 0.507 e. The highest BCUT2D eigenvalue weighted by Gasteiger charge is 2.32. The van der Waals surface area contributed by atoms with Gasteiger partial charge < -0.3 is 19.4 Å². The normalized spacial score (nSPS) is 11.6. The van der Waals surface area contributed by atoms with Gasteiger partial charge in [-0.3, -0.25) is 4.79 Å². The minimum atomic E-state index is -4.57. The number of nitrogens with zero attached hydrogens (tertiary/aromatic N) is 2. The van der Waals surface area contributed by atoms with Gasteiger partial charge in [-0.2, -0.15) is 0 Å². The molecule has 0 radical (unpaired) electrons. The molecule has 0 bridgehead atoms. The standard InChI is InChI=1S/C32H22F3N3O6S/c1-43-22-4-2-18(3-5-22)17-38(30-10-11-44-37-30)45(41,42)29-8-7-27-23(6-9-31(40)36-27)32(29)25-15-26(35)24(16-28(25)39)19-12-20(33)14-21(34)13-19/h2-16,39H,17H2,1H3,(H,36,40). The molecule has 6 rings (SSSR count). The van der Waals surface area contributed by atoms with E-state index in [4.69, 9.17) is 9.26 Å². The number of aromatic amines is 1. The average Bonchev–Trinajstić information content (AvgIpc) is 3.54. The van der Waals surface area contributed by atoms with E-state index in [0.717, 1.165) is 34.6 Å². The van der Waals surface area contributed by atoms with E-state index in [1.807, 2.05) is 0 Å². The zero-order chi connectivity index (χ0) is 31.9. The van der Waals surface area contributed by atoms with Gasteiger partial charge >= 0.3 is 0 Å². The Labute approximate surface area is 253 Å². The summed E-state index contributed by atoms with van der Waals surface area (Å²) in [6.45, 7) is -0.202. The van der Waals surface area contributed by atoms with Gasteiger partial charge in [-0.25, -0.2) is 25.9 Å². The summed E-state index contributed by atoms with van der Waals surface area (Å²) in [6.07, 6.45) is 1.20. The van der Waals surface area contributed by atoms with Gasteiger partial charge in [0.1, 0.15) is 35.2 Å². The van der Waals surface area contributed by atoms with Gasteiger partial charge in [-0.05, 0) is 65.7 Å². The van der Waals surface area contributed by atoms with Crippen LogP contribution in [0, 0.1) is 17.5 Å². The SMILES string of the molecule is COc1ccc(CN(c2ccon2)S(=O)(=O)c2ccc3[nH]c(=O)ccc3c2-c2cc(F)c(-c3cc(F)cc(F)c3)cc2O)cc1. The van der Waals surface area contributed by atoms with Crippen molar-refractivity contribution in [1.29, 1.82) is 0 Å². The van der Waals surface area contributed by atoms with Gasteiger partial charge in [0.05, 0.1) is 18.6 Å². The Balaban J connectivity index is 1.57. The first-order chi connectivity index (χ1) is 21.5. The van der Waals surface area contributed by atoms with Crippen molar-refractivity contribution in [2.24, 2.45) is 0 Å². The van der Waals surface area contributed by atoms with Crippen LogP contribution in [0.15, 0.2) is 105 Å². The van der Waals surface area contributed by atoms with Crippen molar-refractivity contribution in [2.45, 2.75) is 11.4 Å². The van der Waals surface area contributed by atoms with Crippen molar-refractivity contribution in [3.63, 3.8) is 0 Å². The third-order valence-corrected chi connectivity index (χ3v) is 8.92. The van der Waals surface area contributed by atoms with Crippen molar-refractivity contribution in [2.75, 3.05) is 11.4 Å². The van der Waals surface area contributed by atoms with Gasteiger partial charge in [-0.1, -0.05) is 17.3 Å². The number of rotatable bonds is 8. The number of ether oxygens (including phenoxy) is 1. The second kappa shape index (κ2) is 11.5. The van der Waals surface area contributed by atoms with Gasteiger partial charge in [0.25, 0.3) is 10.0 Å². The van der Waals surface area contributed by atoms with E-state index in [9.17, 15) is 27.1 Å². The zero-order valence-electron chi connectivity index (χ0n) is 23.3. The number of methoxy groups -OCH3 is 1. The first-order valence-corrected chi connectivity index (χ1v) is 14.7. The number of hydrogen-bond donors (Lipinski definition) is 2. The second-order valence-corrected chi connectivity index (χ2v) is 11.8. The smallest absolute Gasteiger partial charge is 0.266 e. The molecule has 6 aromatic rings. The number of aromatic hydroxyl groups is 1. The second-order valence-electron chi connectivity index (χ2n) is 9.95. The van der Waals surface area contributed by atoms with E-state index < -0.39 is 38.8 Å². The van der Waals surface area contributed by atoms with Crippen LogP contribution in [0.3, 0.4) is 0 Å². The molecule has 2 aromatic heterocycles. The molecule has 0 aliphatic carbocycles. The van der Waals surface area contributed by atoms with Crippen LogP contribution < -0.4 is 14.6 Å². The number of phenolic OH excluding ortho intramolecular Hbond substituents is 1. The average molecular weight is 634 g/mol. The highest BCUT2D eigenvalue weighted by atomic mass is 32.2. The number of sulfonamides is 1. The zero-order valence-corrected chi connectivity index (χ0v) is 24.1. The molecule has 0 spiro atoms. The van der Waals surface area contributed by atoms with E-state index in [-0.39, 0.29) is 50.4 Å². The molecule has 0 aliphatic rings. The molecule has 0 amide bonds. The van der Waals surface area contributed by atoms with Crippen molar-refractivity contribution in [3.05, 3.63) is 125 Å². The topological polar surface area (TPSA) is 126 Å². The third-order valence-electron chi connectivity index (χ3n) is 7.13. The van der Waals surface area contributed by atoms with Crippen LogP contribution in [0.2, 0.25) is 0 Å². The lowest BCUT2D eigenvalue weighted by Crippen LogP contribution is -2.31. The van der Waals surface area contributed by atoms with Gasteiger partial charge in [0.2, 0.25) is 5.56 Å². The van der Waals surface area contributed by atoms with Crippen molar-refractivity contribution in [3.8, 4) is 33.8 Å². The number of phenols is 1. The van der Waals surface area contributed by atoms with Crippen LogP contribution in [0.25, 0.3) is 33.2 Å². The molecule has 9 nitrogen and oxygen atoms in total. The summed E-state index contributed by atoms with van der Waals surface area (Å²) in [5.74, 6) is -2.99. The molecule has 2 heterocycles. The number of hydrogen-bond acceptors (Lipinski definition) is 7. The predicted molar refractivity (Wildman–Crippen MR) is 160 cm³/mol. The molecule has 45 heavy (non-hydrogen) atoms. The number of nitrogens with one attached hydrogen (secondary N) is 1. The minimum absolute atomic E-state index is 0.0581. The number of pyridine rings is 1. The highest BCUT2D eigenvalue weighted by molar-refractivity contribution is 7.93. The fourth-order valence-corrected chi connectivity index (χ4v) is 6.65. The number of aromatic nitrogens is 2. The van der Waals surface area contributed by atoms with E-state index >= 15 is 4.39 Å². The van der Waals surface area contributed by atoms with Crippen LogP contribution in [0.1, 0.15) is 5.56 Å². The van der Waals surface area contributed by atoms with E-state index in [2.05, 4.69) is 10.1 Å². The molecule has 228 valence electrons. The Morgan fingerprint density at radius 3 is 2.31 bits per heavy atom. The van der Waals surface area contributed by atoms with E-state index in [1.165, 1.54) is 37.6 Å². The lowest BCUT2D eigenvalue weighted by molar-refractivity contribution is 0.414. The van der Waals surface area contributed by atoms with Gasteiger partial charge in [0, 0.05) is 45.8 Å². The van der Waals surface area contributed by atoms with Crippen molar-refractivity contribution >= 4 is 26.7 Å². The fraction of sp³-hybridized carbons (Fsp3) is 0.0625. The molecule has 0 atom stereocenters. The first-order valence-electron chi connectivity index (χ1n) is 13.3. The van der Waals surface area contributed by atoms with Crippen molar-refractivity contribution in [1.82, 2.24) is 10.1 Å². The summed E-state index contributed by atoms with van der Waals surface area (Å²) in [6, 6.07) is 17.3. The number of fused-ring (bicyclic) bond motifs is 1. The predicted octanol–water partition coefficient (Wildman–Crippen LogP) is 6.38. The molecule has 0 aliphatic heterocycles. The Kier molecular flexibility index (Phi) is 7.54. The molecule has 2 N–H and O–H groups in total. The summed E-state index contributed by atoms with van der Waals surface area (Å²) in [5.41, 5.74) is -0.610. The maximum atomic E-state index is 15.7. The Morgan fingerprint density at radius 2 is 1.64 bits per heavy atom. The molecule has 0 unspecified atom stereocenters. The molecule has 13 heteroatoms. The van der Waals surface area contributed by atoms with Crippen LogP contribution in [0.5, 0.6) is 11.5 Å². The first kappa shape index (κ1) is 29.5. The molecule has 0 fully saturated rings. The number of benzene rings is 4. The van der Waals surface area contributed by atoms with Gasteiger partial charge in [0.15, 0.2) is 5.82 Å². The van der Waals surface area contributed by atoms with Gasteiger partial charge in [-0.15, -0.1) is 0 Å². The van der Waals surface area contributed by atoms with Crippen LogP contribution in [0.4, 0.5) is 19.0 Å². The molecule has 0 saturated carbocycles. The number of H-pyrrole nitrogens is 1. The monoisotopic (exact) mass is 633 g/mol. The maximum absolute atomic E-state index is 15.7. The quantitative estimate of drug-likeness (QED) is 0.199. The lowest BCUT2D eigenvalue weighted by atomic mass is 9.95. The fourth-order valence-electron chi connectivity index (χ4n) is 5.04. The number of halogens is 3. The Hall–Kier alpha value is -5.56. The summed E-state index contributed by atoms with van der Waals surface area (Å²) >= 11 is 0. The number of anilines is 1. The molecular formula is C32H22F3N3O6S. The molecular weight excluding hydrogens is 611 g/mol. The summed E-state index contributed by atoms with van der Waals surface area (Å²) in [5, 5.41) is 15.2. The summed E-state index contributed by atoms with van der Waals surface area (Å²) in [4.78, 5) is 14.4. The lowest BCUT2D eigenvalue weighted by Gasteiger charge is -2.24. The minimum Gasteiger partial charge on any atom is -0.507 e.